The van der Waals surface area contributed by atoms with Gasteiger partial charge in [0, 0.05) is 28.0 Å². The lowest BCUT2D eigenvalue weighted by molar-refractivity contribution is -0.384. The molecule has 4 aromatic rings. The fourth-order valence-corrected chi connectivity index (χ4v) is 4.20. The number of nitro groups is 1. The van der Waals surface area contributed by atoms with Gasteiger partial charge in [0.2, 0.25) is 5.91 Å². The van der Waals surface area contributed by atoms with E-state index in [4.69, 9.17) is 23.2 Å². The molecule has 1 aromatic heterocycles. The Labute approximate surface area is 209 Å². The molecule has 172 valence electrons. The number of halogens is 2. The summed E-state index contributed by atoms with van der Waals surface area (Å²) in [5.41, 5.74) is 2.77. The van der Waals surface area contributed by atoms with E-state index in [0.717, 1.165) is 16.8 Å². The van der Waals surface area contributed by atoms with Gasteiger partial charge in [-0.3, -0.25) is 19.5 Å². The normalized spacial score (nSPS) is 10.8. The van der Waals surface area contributed by atoms with E-state index >= 15 is 0 Å². The van der Waals surface area contributed by atoms with Crippen molar-refractivity contribution >= 4 is 52.2 Å². The van der Waals surface area contributed by atoms with E-state index in [-0.39, 0.29) is 28.1 Å². The van der Waals surface area contributed by atoms with Crippen LogP contribution in [0.2, 0.25) is 10.0 Å². The average molecular weight is 514 g/mol. The van der Waals surface area contributed by atoms with Gasteiger partial charge in [0.05, 0.1) is 10.7 Å². The Morgan fingerprint density at radius 3 is 2.44 bits per heavy atom. The molecule has 1 amide bonds. The molecule has 0 saturated heterocycles. The summed E-state index contributed by atoms with van der Waals surface area (Å²) in [6.07, 6.45) is 0. The second-order valence-corrected chi connectivity index (χ2v) is 9.03. The molecule has 0 aliphatic rings. The third-order valence-electron chi connectivity index (χ3n) is 4.79. The van der Waals surface area contributed by atoms with Crippen molar-refractivity contribution in [2.75, 3.05) is 11.1 Å². The number of anilines is 1. The molecule has 4 rings (SSSR count). The van der Waals surface area contributed by atoms with Gasteiger partial charge in [-0.1, -0.05) is 52.7 Å². The highest BCUT2D eigenvalue weighted by atomic mass is 35.5. The number of hydrogen-bond donors (Lipinski definition) is 1. The van der Waals surface area contributed by atoms with E-state index in [1.807, 2.05) is 47.9 Å². The Balaban J connectivity index is 1.57. The number of rotatable bonds is 7. The summed E-state index contributed by atoms with van der Waals surface area (Å²) in [6, 6.07) is 19.2. The van der Waals surface area contributed by atoms with E-state index in [2.05, 4.69) is 15.5 Å². The second kappa shape index (κ2) is 10.3. The topological polar surface area (TPSA) is 103 Å². The minimum absolute atomic E-state index is 0.00157. The number of thioether (sulfide) groups is 1. The van der Waals surface area contributed by atoms with Gasteiger partial charge >= 0.3 is 0 Å². The first kappa shape index (κ1) is 23.7. The van der Waals surface area contributed by atoms with Crippen molar-refractivity contribution in [3.63, 3.8) is 0 Å². The van der Waals surface area contributed by atoms with Gasteiger partial charge in [0.25, 0.3) is 5.69 Å². The van der Waals surface area contributed by atoms with Crippen LogP contribution in [0.5, 0.6) is 0 Å². The molecule has 3 aromatic carbocycles. The molecule has 0 atom stereocenters. The smallest absolute Gasteiger partial charge is 0.289 e. The molecule has 0 aliphatic carbocycles. The third-order valence-corrected chi connectivity index (χ3v) is 6.29. The van der Waals surface area contributed by atoms with Gasteiger partial charge in [-0.2, -0.15) is 0 Å². The Bertz CT molecular complexity index is 1360. The molecule has 34 heavy (non-hydrogen) atoms. The monoisotopic (exact) mass is 513 g/mol. The molecule has 0 unspecified atom stereocenters. The van der Waals surface area contributed by atoms with Crippen molar-refractivity contribution in [1.29, 1.82) is 0 Å². The van der Waals surface area contributed by atoms with Gasteiger partial charge in [0.1, 0.15) is 5.02 Å². The van der Waals surface area contributed by atoms with Crippen LogP contribution < -0.4 is 5.32 Å². The van der Waals surface area contributed by atoms with Crippen LogP contribution in [0.3, 0.4) is 0 Å². The molecule has 0 aliphatic heterocycles. The van der Waals surface area contributed by atoms with Gasteiger partial charge in [-0.05, 0) is 55.5 Å². The minimum atomic E-state index is -0.602. The quantitative estimate of drug-likeness (QED) is 0.179. The molecule has 0 radical (unpaired) electrons. The number of hydrogen-bond acceptors (Lipinski definition) is 6. The summed E-state index contributed by atoms with van der Waals surface area (Å²) in [6.45, 7) is 2.00. The number of carbonyl (C=O) groups excluding carboxylic acids is 1. The number of amides is 1. The van der Waals surface area contributed by atoms with Crippen LogP contribution in [-0.4, -0.2) is 31.3 Å². The van der Waals surface area contributed by atoms with Crippen molar-refractivity contribution in [2.24, 2.45) is 0 Å². The number of nitrogens with one attached hydrogen (secondary N) is 1. The van der Waals surface area contributed by atoms with Crippen LogP contribution >= 0.6 is 35.0 Å². The van der Waals surface area contributed by atoms with Crippen LogP contribution in [0.25, 0.3) is 17.1 Å². The Morgan fingerprint density at radius 2 is 1.76 bits per heavy atom. The molecular formula is C23H17Cl2N5O3S. The number of nitrogens with zero attached hydrogens (tertiary/aromatic N) is 4. The fraction of sp³-hybridized carbons (Fsp3) is 0.0870. The number of carbonyl (C=O) groups is 1. The van der Waals surface area contributed by atoms with Crippen molar-refractivity contribution < 1.29 is 9.72 Å². The first-order valence-electron chi connectivity index (χ1n) is 9.97. The van der Waals surface area contributed by atoms with Gasteiger partial charge in [-0.15, -0.1) is 10.2 Å². The van der Waals surface area contributed by atoms with E-state index in [1.54, 1.807) is 12.1 Å². The zero-order chi connectivity index (χ0) is 24.2. The molecular weight excluding hydrogens is 497 g/mol. The molecule has 0 saturated carbocycles. The summed E-state index contributed by atoms with van der Waals surface area (Å²) in [4.78, 5) is 23.0. The van der Waals surface area contributed by atoms with Crippen LogP contribution in [-0.2, 0) is 4.79 Å². The maximum atomic E-state index is 12.6. The largest absolute Gasteiger partial charge is 0.325 e. The second-order valence-electron chi connectivity index (χ2n) is 7.24. The van der Waals surface area contributed by atoms with E-state index < -0.39 is 4.92 Å². The van der Waals surface area contributed by atoms with E-state index in [1.165, 1.54) is 30.0 Å². The van der Waals surface area contributed by atoms with Crippen LogP contribution in [0.1, 0.15) is 5.56 Å². The number of aryl methyl sites for hydroxylation is 1. The highest BCUT2D eigenvalue weighted by molar-refractivity contribution is 7.99. The Hall–Kier alpha value is -3.40. The third kappa shape index (κ3) is 5.39. The molecule has 8 nitrogen and oxygen atoms in total. The molecule has 0 fully saturated rings. The first-order valence-corrected chi connectivity index (χ1v) is 11.7. The maximum absolute atomic E-state index is 12.6. The lowest BCUT2D eigenvalue weighted by Crippen LogP contribution is -2.14. The maximum Gasteiger partial charge on any atom is 0.289 e. The van der Waals surface area contributed by atoms with Gasteiger partial charge < -0.3 is 5.32 Å². The molecule has 1 heterocycles. The molecule has 11 heteroatoms. The zero-order valence-corrected chi connectivity index (χ0v) is 20.1. The first-order chi connectivity index (χ1) is 16.3. The van der Waals surface area contributed by atoms with Crippen LogP contribution in [0, 0.1) is 17.0 Å². The summed E-state index contributed by atoms with van der Waals surface area (Å²) >= 11 is 13.1. The summed E-state index contributed by atoms with van der Waals surface area (Å²) < 4.78 is 1.87. The molecule has 1 N–H and O–H groups in total. The van der Waals surface area contributed by atoms with E-state index in [9.17, 15) is 14.9 Å². The number of benzene rings is 3. The Morgan fingerprint density at radius 1 is 1.06 bits per heavy atom. The van der Waals surface area contributed by atoms with Crippen LogP contribution in [0.4, 0.5) is 11.4 Å². The van der Waals surface area contributed by atoms with Gasteiger partial charge in [-0.25, -0.2) is 0 Å². The number of nitro benzene ring substituents is 1. The van der Waals surface area contributed by atoms with Crippen molar-refractivity contribution in [3.8, 4) is 17.1 Å². The summed E-state index contributed by atoms with van der Waals surface area (Å²) in [5.74, 6) is 0.269. The average Bonchev–Trinajstić information content (AvgIpc) is 3.23. The zero-order valence-electron chi connectivity index (χ0n) is 17.7. The predicted octanol–water partition coefficient (Wildman–Crippen LogP) is 6.19. The highest BCUT2D eigenvalue weighted by Crippen LogP contribution is 2.30. The summed E-state index contributed by atoms with van der Waals surface area (Å²) in [7, 11) is 0. The molecule has 0 spiro atoms. The highest BCUT2D eigenvalue weighted by Gasteiger charge is 2.18. The van der Waals surface area contributed by atoms with Gasteiger partial charge in [0.15, 0.2) is 11.0 Å². The fourth-order valence-electron chi connectivity index (χ4n) is 3.13. The minimum Gasteiger partial charge on any atom is -0.325 e. The lowest BCUT2D eigenvalue weighted by Gasteiger charge is -2.11. The van der Waals surface area contributed by atoms with Crippen molar-refractivity contribution in [3.05, 3.63) is 92.5 Å². The van der Waals surface area contributed by atoms with Crippen molar-refractivity contribution in [2.45, 2.75) is 12.1 Å². The SMILES string of the molecule is Cc1ccc(-n2c(SCC(=O)Nc3ccc(Cl)c([N+](=O)[O-])c3)nnc2-c2ccc(Cl)cc2)cc1. The number of aromatic nitrogens is 3. The summed E-state index contributed by atoms with van der Waals surface area (Å²) in [5, 5.41) is 23.5. The van der Waals surface area contributed by atoms with E-state index in [0.29, 0.717) is 16.0 Å². The Kier molecular flexibility index (Phi) is 7.16. The molecule has 0 bridgehead atoms. The lowest BCUT2D eigenvalue weighted by atomic mass is 10.2. The van der Waals surface area contributed by atoms with Crippen LogP contribution in [0.15, 0.2) is 71.9 Å². The van der Waals surface area contributed by atoms with Crippen molar-refractivity contribution in [1.82, 2.24) is 14.8 Å². The predicted molar refractivity (Wildman–Crippen MR) is 134 cm³/mol. The standard InChI is InChI=1S/C23H17Cl2N5O3S/c1-14-2-9-18(10-3-14)29-22(15-4-6-16(24)7-5-15)27-28-23(29)34-13-21(31)26-17-8-11-19(25)20(12-17)30(32)33/h2-12H,13H2,1H3,(H,26,31).